The van der Waals surface area contributed by atoms with Gasteiger partial charge >= 0.3 is 0 Å². The van der Waals surface area contributed by atoms with Crippen LogP contribution in [0.25, 0.3) is 0 Å². The average molecular weight is 284 g/mol. The molecule has 0 bridgehead atoms. The van der Waals surface area contributed by atoms with Gasteiger partial charge in [-0.05, 0) is 29.8 Å². The maximum Gasteiger partial charge on any atom is 0.254 e. The SMILES string of the molecule is COCCN(Cc1ccccc1)C(=O)c1ccc(N)cc1. The summed E-state index contributed by atoms with van der Waals surface area (Å²) in [5.41, 5.74) is 8.04. The van der Waals surface area contributed by atoms with Crippen LogP contribution in [-0.2, 0) is 11.3 Å². The second-order valence-corrected chi connectivity index (χ2v) is 4.83. The molecule has 0 atom stereocenters. The largest absolute Gasteiger partial charge is 0.399 e. The third-order valence-corrected chi connectivity index (χ3v) is 3.23. The Labute approximate surface area is 125 Å². The Morgan fingerprint density at radius 3 is 2.38 bits per heavy atom. The van der Waals surface area contributed by atoms with Gasteiger partial charge in [-0.2, -0.15) is 0 Å². The number of hydrogen-bond donors (Lipinski definition) is 1. The van der Waals surface area contributed by atoms with Crippen LogP contribution < -0.4 is 5.73 Å². The first-order valence-corrected chi connectivity index (χ1v) is 6.88. The summed E-state index contributed by atoms with van der Waals surface area (Å²) in [6.07, 6.45) is 0. The molecule has 4 nitrogen and oxygen atoms in total. The number of benzene rings is 2. The molecule has 2 rings (SSSR count). The Hall–Kier alpha value is -2.33. The number of nitrogen functional groups attached to an aromatic ring is 1. The van der Waals surface area contributed by atoms with E-state index in [0.717, 1.165) is 5.56 Å². The average Bonchev–Trinajstić information content (AvgIpc) is 2.52. The second-order valence-electron chi connectivity index (χ2n) is 4.83. The molecule has 0 radical (unpaired) electrons. The van der Waals surface area contributed by atoms with Gasteiger partial charge in [0, 0.05) is 31.5 Å². The summed E-state index contributed by atoms with van der Waals surface area (Å²) in [5.74, 6) is -0.0177. The lowest BCUT2D eigenvalue weighted by atomic mass is 10.1. The van der Waals surface area contributed by atoms with Gasteiger partial charge in [0.05, 0.1) is 6.61 Å². The van der Waals surface area contributed by atoms with Crippen LogP contribution in [0.5, 0.6) is 0 Å². The third-order valence-electron chi connectivity index (χ3n) is 3.23. The van der Waals surface area contributed by atoms with Crippen LogP contribution >= 0.6 is 0 Å². The van der Waals surface area contributed by atoms with Crippen molar-refractivity contribution < 1.29 is 9.53 Å². The molecule has 0 spiro atoms. The number of nitrogens with zero attached hydrogens (tertiary/aromatic N) is 1. The molecule has 1 amide bonds. The Morgan fingerprint density at radius 2 is 1.76 bits per heavy atom. The number of rotatable bonds is 6. The highest BCUT2D eigenvalue weighted by atomic mass is 16.5. The van der Waals surface area contributed by atoms with Gasteiger partial charge in [0.1, 0.15) is 0 Å². The van der Waals surface area contributed by atoms with Gasteiger partial charge in [0.2, 0.25) is 0 Å². The highest BCUT2D eigenvalue weighted by Crippen LogP contribution is 2.12. The minimum absolute atomic E-state index is 0.0177. The van der Waals surface area contributed by atoms with E-state index in [9.17, 15) is 4.79 Å². The molecule has 0 aromatic heterocycles. The number of carbonyl (C=O) groups excluding carboxylic acids is 1. The quantitative estimate of drug-likeness (QED) is 0.829. The fourth-order valence-corrected chi connectivity index (χ4v) is 2.07. The second kappa shape index (κ2) is 7.45. The molecule has 21 heavy (non-hydrogen) atoms. The lowest BCUT2D eigenvalue weighted by Gasteiger charge is -2.22. The van der Waals surface area contributed by atoms with E-state index in [1.54, 1.807) is 36.3 Å². The lowest BCUT2D eigenvalue weighted by molar-refractivity contribution is 0.0680. The van der Waals surface area contributed by atoms with Crippen LogP contribution in [0.1, 0.15) is 15.9 Å². The van der Waals surface area contributed by atoms with Crippen molar-refractivity contribution in [3.8, 4) is 0 Å². The number of amides is 1. The van der Waals surface area contributed by atoms with Crippen molar-refractivity contribution in [3.63, 3.8) is 0 Å². The first-order valence-electron chi connectivity index (χ1n) is 6.88. The molecule has 0 heterocycles. The van der Waals surface area contributed by atoms with Crippen molar-refractivity contribution in [2.75, 3.05) is 26.0 Å². The summed E-state index contributed by atoms with van der Waals surface area (Å²) in [4.78, 5) is 14.4. The molecular weight excluding hydrogens is 264 g/mol. The van der Waals surface area contributed by atoms with Gasteiger partial charge in [-0.25, -0.2) is 0 Å². The smallest absolute Gasteiger partial charge is 0.254 e. The fraction of sp³-hybridized carbons (Fsp3) is 0.235. The molecular formula is C17H20N2O2. The normalized spacial score (nSPS) is 10.3. The Kier molecular flexibility index (Phi) is 5.35. The van der Waals surface area contributed by atoms with Crippen LogP contribution in [0, 0.1) is 0 Å². The van der Waals surface area contributed by atoms with Gasteiger partial charge in [-0.3, -0.25) is 4.79 Å². The number of methoxy groups -OCH3 is 1. The summed E-state index contributed by atoms with van der Waals surface area (Å²) < 4.78 is 5.10. The maximum absolute atomic E-state index is 12.6. The molecule has 0 saturated heterocycles. The topological polar surface area (TPSA) is 55.6 Å². The Morgan fingerprint density at radius 1 is 1.10 bits per heavy atom. The highest BCUT2D eigenvalue weighted by molar-refractivity contribution is 5.94. The van der Waals surface area contributed by atoms with Gasteiger partial charge in [-0.15, -0.1) is 0 Å². The van der Waals surface area contributed by atoms with Crippen LogP contribution in [0.15, 0.2) is 54.6 Å². The van der Waals surface area contributed by atoms with Crippen molar-refractivity contribution >= 4 is 11.6 Å². The predicted molar refractivity (Wildman–Crippen MR) is 83.9 cm³/mol. The minimum atomic E-state index is -0.0177. The van der Waals surface area contributed by atoms with Crippen LogP contribution in [0.3, 0.4) is 0 Å². The summed E-state index contributed by atoms with van der Waals surface area (Å²) in [6.45, 7) is 1.62. The number of nitrogens with two attached hydrogens (primary N) is 1. The molecule has 110 valence electrons. The van der Waals surface area contributed by atoms with E-state index < -0.39 is 0 Å². The molecule has 2 N–H and O–H groups in total. The van der Waals surface area contributed by atoms with E-state index >= 15 is 0 Å². The molecule has 4 heteroatoms. The van der Waals surface area contributed by atoms with Gasteiger partial charge in [-0.1, -0.05) is 30.3 Å². The van der Waals surface area contributed by atoms with E-state index in [4.69, 9.17) is 10.5 Å². The zero-order valence-electron chi connectivity index (χ0n) is 12.2. The summed E-state index contributed by atoms with van der Waals surface area (Å²) in [6, 6.07) is 16.9. The zero-order valence-corrected chi connectivity index (χ0v) is 12.2. The molecule has 2 aromatic rings. The van der Waals surface area contributed by atoms with Gasteiger partial charge in [0.25, 0.3) is 5.91 Å². The fourth-order valence-electron chi connectivity index (χ4n) is 2.07. The lowest BCUT2D eigenvalue weighted by Crippen LogP contribution is -2.33. The molecule has 0 unspecified atom stereocenters. The number of carbonyl (C=O) groups is 1. The maximum atomic E-state index is 12.6. The zero-order chi connectivity index (χ0) is 15.1. The molecule has 0 saturated carbocycles. The monoisotopic (exact) mass is 284 g/mol. The van der Waals surface area contributed by atoms with Crippen LogP contribution in [0.4, 0.5) is 5.69 Å². The number of anilines is 1. The van der Waals surface area contributed by atoms with Crippen molar-refractivity contribution in [1.82, 2.24) is 4.90 Å². The highest BCUT2D eigenvalue weighted by Gasteiger charge is 2.15. The first-order chi connectivity index (χ1) is 10.2. The van der Waals surface area contributed by atoms with E-state index in [0.29, 0.717) is 30.9 Å². The Balaban J connectivity index is 2.14. The van der Waals surface area contributed by atoms with Gasteiger partial charge < -0.3 is 15.4 Å². The molecule has 0 fully saturated rings. The minimum Gasteiger partial charge on any atom is -0.399 e. The molecule has 0 aliphatic heterocycles. The van der Waals surface area contributed by atoms with Crippen LogP contribution in [0.2, 0.25) is 0 Å². The Bertz CT molecular complexity index is 567. The summed E-state index contributed by atoms with van der Waals surface area (Å²) >= 11 is 0. The summed E-state index contributed by atoms with van der Waals surface area (Å²) in [5, 5.41) is 0. The predicted octanol–water partition coefficient (Wildman–Crippen LogP) is 2.56. The van der Waals surface area contributed by atoms with Gasteiger partial charge in [0.15, 0.2) is 0 Å². The number of hydrogen-bond acceptors (Lipinski definition) is 3. The first kappa shape index (κ1) is 15.1. The van der Waals surface area contributed by atoms with E-state index in [2.05, 4.69) is 0 Å². The molecule has 0 aliphatic carbocycles. The van der Waals surface area contributed by atoms with E-state index in [-0.39, 0.29) is 5.91 Å². The van der Waals surface area contributed by atoms with E-state index in [1.165, 1.54) is 0 Å². The van der Waals surface area contributed by atoms with Crippen molar-refractivity contribution in [2.45, 2.75) is 6.54 Å². The third kappa shape index (κ3) is 4.33. The van der Waals surface area contributed by atoms with Crippen molar-refractivity contribution in [2.24, 2.45) is 0 Å². The number of ether oxygens (including phenoxy) is 1. The molecule has 2 aromatic carbocycles. The van der Waals surface area contributed by atoms with Crippen molar-refractivity contribution in [1.29, 1.82) is 0 Å². The molecule has 0 aliphatic rings. The van der Waals surface area contributed by atoms with Crippen molar-refractivity contribution in [3.05, 3.63) is 65.7 Å². The standard InChI is InChI=1S/C17H20N2O2/c1-21-12-11-19(13-14-5-3-2-4-6-14)17(20)15-7-9-16(18)10-8-15/h2-10H,11-13,18H2,1H3. The van der Waals surface area contributed by atoms with E-state index in [1.807, 2.05) is 30.3 Å². The summed E-state index contributed by atoms with van der Waals surface area (Å²) in [7, 11) is 1.63. The van der Waals surface area contributed by atoms with Crippen LogP contribution in [-0.4, -0.2) is 31.1 Å².